The van der Waals surface area contributed by atoms with Crippen molar-refractivity contribution in [3.8, 4) is 0 Å². The number of rotatable bonds is 8. The van der Waals surface area contributed by atoms with E-state index in [2.05, 4.69) is 29.2 Å². The van der Waals surface area contributed by atoms with Crippen LogP contribution in [0.25, 0.3) is 0 Å². The summed E-state index contributed by atoms with van der Waals surface area (Å²) in [6.45, 7) is 9.12. The van der Waals surface area contributed by atoms with Crippen LogP contribution in [-0.4, -0.2) is 48.0 Å². The zero-order valence-corrected chi connectivity index (χ0v) is 15.5. The van der Waals surface area contributed by atoms with Crippen molar-refractivity contribution in [1.29, 1.82) is 0 Å². The number of hydrogen-bond donors (Lipinski definition) is 1. The lowest BCUT2D eigenvalue weighted by atomic mass is 10.0. The van der Waals surface area contributed by atoms with Gasteiger partial charge in [-0.3, -0.25) is 9.59 Å². The highest BCUT2D eigenvalue weighted by Crippen LogP contribution is 2.10. The quantitative estimate of drug-likeness (QED) is 0.767. The monoisotopic (exact) mass is 350 g/mol. The second-order valence-corrected chi connectivity index (χ2v) is 7.08. The van der Waals surface area contributed by atoms with Crippen LogP contribution in [0, 0.1) is 5.92 Å². The molecule has 0 aliphatic carbocycles. The number of nitrogens with one attached hydrogen (secondary N) is 1. The van der Waals surface area contributed by atoms with Gasteiger partial charge in [-0.1, -0.05) is 26.7 Å². The van der Waals surface area contributed by atoms with Crippen molar-refractivity contribution in [3.05, 3.63) is 22.5 Å². The minimum Gasteiger partial charge on any atom is -0.378 e. The Bertz CT molecular complexity index is 609. The molecule has 0 bridgehead atoms. The molecule has 1 amide bonds. The first-order valence-corrected chi connectivity index (χ1v) is 9.16. The fourth-order valence-electron chi connectivity index (χ4n) is 2.87. The fourth-order valence-corrected chi connectivity index (χ4v) is 2.87. The van der Waals surface area contributed by atoms with Crippen molar-refractivity contribution in [3.63, 3.8) is 0 Å². The van der Waals surface area contributed by atoms with Crippen LogP contribution in [0.15, 0.2) is 16.9 Å². The van der Waals surface area contributed by atoms with Crippen molar-refractivity contribution in [2.24, 2.45) is 5.92 Å². The van der Waals surface area contributed by atoms with Crippen molar-refractivity contribution in [1.82, 2.24) is 15.1 Å². The molecule has 140 valence electrons. The highest BCUT2D eigenvalue weighted by atomic mass is 16.5. The summed E-state index contributed by atoms with van der Waals surface area (Å²) < 4.78 is 6.57. The maximum absolute atomic E-state index is 12.2. The molecule has 1 aromatic rings. The Balaban J connectivity index is 1.90. The summed E-state index contributed by atoms with van der Waals surface area (Å²) in [5.74, 6) is 1.21. The van der Waals surface area contributed by atoms with Crippen LogP contribution in [-0.2, 0) is 16.1 Å². The first-order chi connectivity index (χ1) is 12.0. The molecule has 1 aliphatic rings. The molecule has 1 N–H and O–H groups in total. The standard InChI is InChI=1S/C18H30N4O3/c1-14(2)5-4-6-15(3)19-17(23)13-22-18(24)8-7-16(20-22)21-9-11-25-12-10-21/h7-8,14-15H,4-6,9-13H2,1-3H3,(H,19,23). The Morgan fingerprint density at radius 1 is 1.24 bits per heavy atom. The highest BCUT2D eigenvalue weighted by molar-refractivity contribution is 5.75. The van der Waals surface area contributed by atoms with Crippen molar-refractivity contribution in [2.75, 3.05) is 31.2 Å². The van der Waals surface area contributed by atoms with Gasteiger partial charge in [0.1, 0.15) is 12.4 Å². The summed E-state index contributed by atoms with van der Waals surface area (Å²) in [5.41, 5.74) is -0.264. The van der Waals surface area contributed by atoms with Crippen molar-refractivity contribution in [2.45, 2.75) is 52.6 Å². The predicted molar refractivity (Wildman–Crippen MR) is 97.8 cm³/mol. The van der Waals surface area contributed by atoms with Gasteiger partial charge in [-0.15, -0.1) is 0 Å². The van der Waals surface area contributed by atoms with E-state index in [1.54, 1.807) is 6.07 Å². The normalized spacial score (nSPS) is 16.1. The molecule has 2 rings (SSSR count). The van der Waals surface area contributed by atoms with E-state index in [1.165, 1.54) is 10.7 Å². The van der Waals surface area contributed by atoms with E-state index < -0.39 is 0 Å². The number of carbonyl (C=O) groups excluding carboxylic acids is 1. The summed E-state index contributed by atoms with van der Waals surface area (Å²) in [6, 6.07) is 3.28. The molecule has 25 heavy (non-hydrogen) atoms. The van der Waals surface area contributed by atoms with Gasteiger partial charge in [-0.2, -0.15) is 5.10 Å². The lowest BCUT2D eigenvalue weighted by Crippen LogP contribution is -2.40. The van der Waals surface area contributed by atoms with Crippen LogP contribution < -0.4 is 15.8 Å². The lowest BCUT2D eigenvalue weighted by Gasteiger charge is -2.27. The van der Waals surface area contributed by atoms with E-state index in [1.807, 2.05) is 6.92 Å². The fraction of sp³-hybridized carbons (Fsp3) is 0.722. The second kappa shape index (κ2) is 9.56. The first-order valence-electron chi connectivity index (χ1n) is 9.16. The van der Waals surface area contributed by atoms with Gasteiger partial charge in [0.25, 0.3) is 5.56 Å². The zero-order chi connectivity index (χ0) is 18.2. The lowest BCUT2D eigenvalue weighted by molar-refractivity contribution is -0.122. The van der Waals surface area contributed by atoms with Crippen LogP contribution in [0.1, 0.15) is 40.0 Å². The number of nitrogens with zero attached hydrogens (tertiary/aromatic N) is 3. The van der Waals surface area contributed by atoms with Gasteiger partial charge < -0.3 is 15.0 Å². The van der Waals surface area contributed by atoms with Gasteiger partial charge in [0, 0.05) is 25.2 Å². The molecule has 1 unspecified atom stereocenters. The van der Waals surface area contributed by atoms with Crippen LogP contribution >= 0.6 is 0 Å². The third kappa shape index (κ3) is 6.49. The molecule has 0 aromatic carbocycles. The number of morpholine rings is 1. The molecular weight excluding hydrogens is 320 g/mol. The minimum atomic E-state index is -0.264. The number of anilines is 1. The Morgan fingerprint density at radius 3 is 2.64 bits per heavy atom. The smallest absolute Gasteiger partial charge is 0.267 e. The summed E-state index contributed by atoms with van der Waals surface area (Å²) in [6.07, 6.45) is 3.19. The Labute approximate surface area is 149 Å². The van der Waals surface area contributed by atoms with Gasteiger partial charge in [-0.25, -0.2) is 4.68 Å². The van der Waals surface area contributed by atoms with Gasteiger partial charge in [0.2, 0.25) is 5.91 Å². The first kappa shape index (κ1) is 19.4. The van der Waals surface area contributed by atoms with Gasteiger partial charge >= 0.3 is 0 Å². The maximum Gasteiger partial charge on any atom is 0.267 e. The molecule has 0 saturated carbocycles. The number of amides is 1. The van der Waals surface area contributed by atoms with E-state index in [9.17, 15) is 9.59 Å². The average molecular weight is 350 g/mol. The molecule has 1 saturated heterocycles. The van der Waals surface area contributed by atoms with Crippen LogP contribution in [0.2, 0.25) is 0 Å². The summed E-state index contributed by atoms with van der Waals surface area (Å²) in [7, 11) is 0. The van der Waals surface area contributed by atoms with Crippen molar-refractivity contribution >= 4 is 11.7 Å². The summed E-state index contributed by atoms with van der Waals surface area (Å²) in [5, 5.41) is 7.30. The third-order valence-electron chi connectivity index (χ3n) is 4.31. The molecule has 0 spiro atoms. The van der Waals surface area contributed by atoms with Gasteiger partial charge in [0.05, 0.1) is 13.2 Å². The van der Waals surface area contributed by atoms with E-state index in [-0.39, 0.29) is 24.1 Å². The topological polar surface area (TPSA) is 76.5 Å². The summed E-state index contributed by atoms with van der Waals surface area (Å²) >= 11 is 0. The molecule has 7 nitrogen and oxygen atoms in total. The second-order valence-electron chi connectivity index (χ2n) is 7.08. The Hall–Kier alpha value is -1.89. The molecule has 1 fully saturated rings. The van der Waals surface area contributed by atoms with Crippen LogP contribution in [0.5, 0.6) is 0 Å². The molecule has 7 heteroatoms. The number of hydrogen-bond acceptors (Lipinski definition) is 5. The molecule has 1 aromatic heterocycles. The largest absolute Gasteiger partial charge is 0.378 e. The van der Waals surface area contributed by atoms with Crippen LogP contribution in [0.4, 0.5) is 5.82 Å². The zero-order valence-electron chi connectivity index (χ0n) is 15.5. The molecule has 1 aliphatic heterocycles. The van der Waals surface area contributed by atoms with Gasteiger partial charge in [-0.05, 0) is 25.3 Å². The summed E-state index contributed by atoms with van der Waals surface area (Å²) in [4.78, 5) is 26.3. The Kier molecular flexibility index (Phi) is 7.43. The number of ether oxygens (including phenoxy) is 1. The minimum absolute atomic E-state index is 0.0501. The highest BCUT2D eigenvalue weighted by Gasteiger charge is 2.15. The van der Waals surface area contributed by atoms with E-state index in [4.69, 9.17) is 4.74 Å². The molecule has 1 atom stereocenters. The SMILES string of the molecule is CC(C)CCCC(C)NC(=O)Cn1nc(N2CCOCC2)ccc1=O. The maximum atomic E-state index is 12.2. The number of carbonyl (C=O) groups is 1. The molecule has 0 radical (unpaired) electrons. The number of aromatic nitrogens is 2. The Morgan fingerprint density at radius 2 is 1.96 bits per heavy atom. The van der Waals surface area contributed by atoms with E-state index in [0.29, 0.717) is 24.9 Å². The third-order valence-corrected chi connectivity index (χ3v) is 4.31. The van der Waals surface area contributed by atoms with Crippen molar-refractivity contribution < 1.29 is 9.53 Å². The average Bonchev–Trinajstić information content (AvgIpc) is 2.57. The predicted octanol–water partition coefficient (Wildman–Crippen LogP) is 1.41. The molecular formula is C18H30N4O3. The van der Waals surface area contributed by atoms with Gasteiger partial charge in [0.15, 0.2) is 0 Å². The van der Waals surface area contributed by atoms with E-state index in [0.717, 1.165) is 32.4 Å². The van der Waals surface area contributed by atoms with Crippen LogP contribution in [0.3, 0.4) is 0 Å². The van der Waals surface area contributed by atoms with E-state index >= 15 is 0 Å². The molecule has 2 heterocycles.